The predicted octanol–water partition coefficient (Wildman–Crippen LogP) is 3.04. The molecular weight excluding hydrogens is 394 g/mol. The summed E-state index contributed by atoms with van der Waals surface area (Å²) in [6, 6.07) is 10.2. The first-order valence-corrected chi connectivity index (χ1v) is 11.4. The highest BCUT2D eigenvalue weighted by molar-refractivity contribution is 5.87. The van der Waals surface area contributed by atoms with E-state index in [9.17, 15) is 9.59 Å². The lowest BCUT2D eigenvalue weighted by molar-refractivity contribution is -0.134. The molecule has 0 radical (unpaired) electrons. The van der Waals surface area contributed by atoms with Crippen molar-refractivity contribution < 1.29 is 19.1 Å². The van der Waals surface area contributed by atoms with Crippen LogP contribution in [0.5, 0.6) is 0 Å². The number of amides is 2. The third-order valence-corrected chi connectivity index (χ3v) is 6.83. The topological polar surface area (TPSA) is 71.1 Å². The molecule has 7 nitrogen and oxygen atoms in total. The van der Waals surface area contributed by atoms with Gasteiger partial charge in [0.25, 0.3) is 0 Å². The first kappa shape index (κ1) is 23.5. The number of ether oxygens (including phenoxy) is 2. The molecule has 2 fully saturated rings. The Morgan fingerprint density at radius 3 is 2.65 bits per heavy atom. The van der Waals surface area contributed by atoms with Gasteiger partial charge in [-0.3, -0.25) is 4.79 Å². The highest BCUT2D eigenvalue weighted by Gasteiger charge is 2.43. The number of nitrogens with zero attached hydrogens (tertiary/aromatic N) is 2. The van der Waals surface area contributed by atoms with Gasteiger partial charge < -0.3 is 24.6 Å². The summed E-state index contributed by atoms with van der Waals surface area (Å²) in [4.78, 5) is 29.7. The summed E-state index contributed by atoms with van der Waals surface area (Å²) in [7, 11) is 3.91. The normalized spacial score (nSPS) is 26.5. The molecule has 31 heavy (non-hydrogen) atoms. The van der Waals surface area contributed by atoms with Crippen LogP contribution < -0.4 is 5.32 Å². The number of alkyl carbamates (subject to hydrolysis) is 1. The smallest absolute Gasteiger partial charge is 0.408 e. The van der Waals surface area contributed by atoms with Crippen LogP contribution in [0.15, 0.2) is 30.3 Å². The Bertz CT molecular complexity index is 727. The maximum atomic E-state index is 13.1. The van der Waals surface area contributed by atoms with Crippen LogP contribution in [0.3, 0.4) is 0 Å². The highest BCUT2D eigenvalue weighted by Crippen LogP contribution is 2.34. The molecule has 2 aliphatic rings. The van der Waals surface area contributed by atoms with Gasteiger partial charge in [0.05, 0.1) is 6.61 Å². The second-order valence-corrected chi connectivity index (χ2v) is 9.09. The summed E-state index contributed by atoms with van der Waals surface area (Å²) in [6.07, 6.45) is 3.13. The number of carbonyl (C=O) groups is 2. The second-order valence-electron chi connectivity index (χ2n) is 9.09. The first-order valence-electron chi connectivity index (χ1n) is 11.4. The van der Waals surface area contributed by atoms with Gasteiger partial charge in [0.15, 0.2) is 0 Å². The Kier molecular flexibility index (Phi) is 8.32. The molecule has 7 heteroatoms. The number of likely N-dealkylation sites (tertiary alicyclic amines) is 1. The van der Waals surface area contributed by atoms with Gasteiger partial charge in [-0.25, -0.2) is 4.79 Å². The molecule has 1 saturated heterocycles. The predicted molar refractivity (Wildman–Crippen MR) is 120 cm³/mol. The molecule has 1 aromatic rings. The van der Waals surface area contributed by atoms with Crippen molar-refractivity contribution in [1.29, 1.82) is 0 Å². The molecule has 1 heterocycles. The van der Waals surface area contributed by atoms with Crippen LogP contribution in [0.1, 0.15) is 45.1 Å². The fraction of sp³-hybridized carbons (Fsp3) is 0.667. The van der Waals surface area contributed by atoms with Crippen molar-refractivity contribution in [1.82, 2.24) is 15.1 Å². The van der Waals surface area contributed by atoms with Gasteiger partial charge in [-0.05, 0) is 52.1 Å². The highest BCUT2D eigenvalue weighted by atomic mass is 16.5. The van der Waals surface area contributed by atoms with Crippen molar-refractivity contribution in [2.24, 2.45) is 5.92 Å². The Labute approximate surface area is 186 Å². The zero-order valence-corrected chi connectivity index (χ0v) is 19.3. The number of rotatable bonds is 8. The molecule has 1 aliphatic heterocycles. The molecule has 0 spiro atoms. The summed E-state index contributed by atoms with van der Waals surface area (Å²) in [6.45, 7) is 5.94. The minimum atomic E-state index is -0.542. The molecule has 3 rings (SSSR count). The molecule has 1 aromatic carbocycles. The summed E-state index contributed by atoms with van der Waals surface area (Å²) in [5.41, 5.74) is 0.919. The first-order chi connectivity index (χ1) is 14.9. The largest absolute Gasteiger partial charge is 0.445 e. The zero-order valence-electron chi connectivity index (χ0n) is 19.3. The van der Waals surface area contributed by atoms with Gasteiger partial charge in [-0.1, -0.05) is 30.3 Å². The van der Waals surface area contributed by atoms with Crippen molar-refractivity contribution in [3.63, 3.8) is 0 Å². The minimum Gasteiger partial charge on any atom is -0.445 e. The van der Waals surface area contributed by atoms with E-state index in [0.29, 0.717) is 37.6 Å². The molecular formula is C24H37N3O4. The number of carbonyl (C=O) groups excluding carboxylic acids is 2. The fourth-order valence-corrected chi connectivity index (χ4v) is 4.89. The maximum absolute atomic E-state index is 13.1. The fourth-order valence-electron chi connectivity index (χ4n) is 4.89. The van der Waals surface area contributed by atoms with E-state index in [4.69, 9.17) is 9.47 Å². The lowest BCUT2D eigenvalue weighted by Gasteiger charge is -2.44. The Hall–Kier alpha value is -2.12. The third-order valence-electron chi connectivity index (χ3n) is 6.83. The van der Waals surface area contributed by atoms with Crippen molar-refractivity contribution >= 4 is 12.0 Å². The van der Waals surface area contributed by atoms with Gasteiger partial charge in [-0.2, -0.15) is 0 Å². The van der Waals surface area contributed by atoms with Crippen molar-refractivity contribution in [2.75, 3.05) is 27.3 Å². The summed E-state index contributed by atoms with van der Waals surface area (Å²) in [5.74, 6) is 0.302. The van der Waals surface area contributed by atoms with E-state index >= 15 is 0 Å². The van der Waals surface area contributed by atoms with E-state index in [1.807, 2.05) is 35.2 Å². The van der Waals surface area contributed by atoms with Crippen LogP contribution in [-0.4, -0.2) is 73.3 Å². The number of benzene rings is 1. The van der Waals surface area contributed by atoms with Gasteiger partial charge in [-0.15, -0.1) is 0 Å². The van der Waals surface area contributed by atoms with Crippen LogP contribution in [0.2, 0.25) is 0 Å². The van der Waals surface area contributed by atoms with Crippen LogP contribution >= 0.6 is 0 Å². The second kappa shape index (κ2) is 11.0. The van der Waals surface area contributed by atoms with E-state index in [-0.39, 0.29) is 18.6 Å². The Morgan fingerprint density at radius 1 is 1.23 bits per heavy atom. The van der Waals surface area contributed by atoms with E-state index in [1.165, 1.54) is 0 Å². The Balaban J connectivity index is 1.54. The van der Waals surface area contributed by atoms with Crippen LogP contribution in [0.25, 0.3) is 0 Å². The van der Waals surface area contributed by atoms with Crippen molar-refractivity contribution in [2.45, 2.75) is 70.3 Å². The van der Waals surface area contributed by atoms with Crippen LogP contribution in [0.4, 0.5) is 4.79 Å². The number of methoxy groups -OCH3 is 1. The molecule has 1 N–H and O–H groups in total. The third kappa shape index (κ3) is 5.98. The van der Waals surface area contributed by atoms with Crippen LogP contribution in [0, 0.1) is 5.92 Å². The zero-order chi connectivity index (χ0) is 22.4. The minimum absolute atomic E-state index is 0.00146. The summed E-state index contributed by atoms with van der Waals surface area (Å²) in [5, 5.41) is 2.76. The van der Waals surface area contributed by atoms with Crippen molar-refractivity contribution in [3.8, 4) is 0 Å². The average Bonchev–Trinajstić information content (AvgIpc) is 3.12. The lowest BCUT2D eigenvalue weighted by Crippen LogP contribution is -2.52. The van der Waals surface area contributed by atoms with E-state index in [0.717, 1.165) is 24.8 Å². The van der Waals surface area contributed by atoms with Crippen LogP contribution in [-0.2, 0) is 20.9 Å². The molecule has 172 valence electrons. The number of nitrogens with one attached hydrogen (secondary N) is 1. The van der Waals surface area contributed by atoms with Crippen molar-refractivity contribution in [3.05, 3.63) is 35.9 Å². The quantitative estimate of drug-likeness (QED) is 0.685. The lowest BCUT2D eigenvalue weighted by atomic mass is 9.80. The van der Waals surface area contributed by atoms with E-state index in [2.05, 4.69) is 31.1 Å². The molecule has 4 atom stereocenters. The summed E-state index contributed by atoms with van der Waals surface area (Å²) >= 11 is 0. The van der Waals surface area contributed by atoms with E-state index < -0.39 is 12.1 Å². The molecule has 0 unspecified atom stereocenters. The van der Waals surface area contributed by atoms with Gasteiger partial charge >= 0.3 is 6.09 Å². The molecule has 0 aromatic heterocycles. The van der Waals surface area contributed by atoms with Gasteiger partial charge in [0.1, 0.15) is 12.6 Å². The molecule has 0 bridgehead atoms. The Morgan fingerprint density at radius 2 is 1.97 bits per heavy atom. The van der Waals surface area contributed by atoms with E-state index in [1.54, 1.807) is 7.11 Å². The molecule has 2 amide bonds. The maximum Gasteiger partial charge on any atom is 0.408 e. The average molecular weight is 432 g/mol. The van der Waals surface area contributed by atoms with Gasteiger partial charge in [0.2, 0.25) is 5.91 Å². The number of hydrogen-bond donors (Lipinski definition) is 1. The molecule has 1 saturated carbocycles. The standard InChI is InChI=1S/C24H37N3O4/c1-17(2)26(3)20-10-11-22(19(14-20)16-30-4)27-13-12-21(23(27)28)25-24(29)31-15-18-8-6-5-7-9-18/h5-9,17,19-22H,10-16H2,1-4H3,(H,25,29)/t19-,20+,21-,22-/m0/s1. The van der Waals surface area contributed by atoms with Gasteiger partial charge in [0, 0.05) is 37.7 Å². The SMILES string of the molecule is COC[C@@H]1C[C@H](N(C)C(C)C)CC[C@@H]1N1CC[C@H](NC(=O)OCc2ccccc2)C1=O. The molecule has 1 aliphatic carbocycles. The number of hydrogen-bond acceptors (Lipinski definition) is 5. The monoisotopic (exact) mass is 431 g/mol. The summed E-state index contributed by atoms with van der Waals surface area (Å²) < 4.78 is 10.8.